The van der Waals surface area contributed by atoms with Gasteiger partial charge in [0.1, 0.15) is 11.9 Å². The predicted octanol–water partition coefficient (Wildman–Crippen LogP) is 0.921. The maximum absolute atomic E-state index is 13.0. The summed E-state index contributed by atoms with van der Waals surface area (Å²) in [6.07, 6.45) is -1.91. The van der Waals surface area contributed by atoms with Gasteiger partial charge in [0.2, 0.25) is 0 Å². The molecule has 0 radical (unpaired) electrons. The summed E-state index contributed by atoms with van der Waals surface area (Å²) in [4.78, 5) is 13.9. The van der Waals surface area contributed by atoms with Gasteiger partial charge in [-0.25, -0.2) is 4.39 Å². The SMILES string of the molecule is CN(C[C@@H]1COC[C@@H](O)[C@H]1O)C(=O)c1cc(-c2ccc(F)cc2)on1. The van der Waals surface area contributed by atoms with Gasteiger partial charge >= 0.3 is 0 Å². The van der Waals surface area contributed by atoms with Crippen molar-refractivity contribution in [1.29, 1.82) is 0 Å². The summed E-state index contributed by atoms with van der Waals surface area (Å²) in [6.45, 7) is 0.547. The van der Waals surface area contributed by atoms with Gasteiger partial charge in [-0.1, -0.05) is 5.16 Å². The minimum absolute atomic E-state index is 0.0830. The normalized spacial score (nSPS) is 23.4. The molecule has 1 aromatic carbocycles. The lowest BCUT2D eigenvalue weighted by molar-refractivity contribution is -0.123. The van der Waals surface area contributed by atoms with Gasteiger partial charge in [0.05, 0.1) is 19.3 Å². The van der Waals surface area contributed by atoms with E-state index in [0.29, 0.717) is 11.3 Å². The van der Waals surface area contributed by atoms with Gasteiger partial charge in [0, 0.05) is 31.1 Å². The number of hydrogen-bond acceptors (Lipinski definition) is 6. The predicted molar refractivity (Wildman–Crippen MR) is 85.2 cm³/mol. The number of rotatable bonds is 4. The van der Waals surface area contributed by atoms with Gasteiger partial charge in [-0.2, -0.15) is 0 Å². The number of benzene rings is 1. The Balaban J connectivity index is 1.67. The highest BCUT2D eigenvalue weighted by atomic mass is 19.1. The Bertz CT molecular complexity index is 733. The van der Waals surface area contributed by atoms with E-state index in [-0.39, 0.29) is 43.1 Å². The maximum Gasteiger partial charge on any atom is 0.275 e. The second-order valence-electron chi connectivity index (χ2n) is 6.12. The van der Waals surface area contributed by atoms with Crippen LogP contribution in [-0.4, -0.2) is 65.2 Å². The van der Waals surface area contributed by atoms with Crippen molar-refractivity contribution in [3.63, 3.8) is 0 Å². The van der Waals surface area contributed by atoms with E-state index >= 15 is 0 Å². The van der Waals surface area contributed by atoms with E-state index in [1.54, 1.807) is 7.05 Å². The first kappa shape index (κ1) is 17.5. The molecular formula is C17H19FN2O5. The Morgan fingerprint density at radius 2 is 2.04 bits per heavy atom. The lowest BCUT2D eigenvalue weighted by Gasteiger charge is -2.34. The van der Waals surface area contributed by atoms with E-state index < -0.39 is 12.2 Å². The molecule has 2 N–H and O–H groups in total. The van der Waals surface area contributed by atoms with E-state index in [2.05, 4.69) is 5.16 Å². The minimum Gasteiger partial charge on any atom is -0.390 e. The molecule has 0 bridgehead atoms. The Hall–Kier alpha value is -2.29. The zero-order valence-electron chi connectivity index (χ0n) is 13.6. The van der Waals surface area contributed by atoms with Gasteiger partial charge < -0.3 is 24.4 Å². The van der Waals surface area contributed by atoms with Crippen LogP contribution in [0.3, 0.4) is 0 Å². The van der Waals surface area contributed by atoms with Crippen LogP contribution in [0.2, 0.25) is 0 Å². The third kappa shape index (κ3) is 3.87. The molecular weight excluding hydrogens is 331 g/mol. The number of aliphatic hydroxyl groups excluding tert-OH is 2. The van der Waals surface area contributed by atoms with Crippen LogP contribution >= 0.6 is 0 Å². The van der Waals surface area contributed by atoms with Crippen molar-refractivity contribution in [3.8, 4) is 11.3 Å². The highest BCUT2D eigenvalue weighted by molar-refractivity contribution is 5.92. The first-order valence-electron chi connectivity index (χ1n) is 7.87. The van der Waals surface area contributed by atoms with Crippen LogP contribution in [0, 0.1) is 11.7 Å². The van der Waals surface area contributed by atoms with Gasteiger partial charge in [-0.3, -0.25) is 4.79 Å². The quantitative estimate of drug-likeness (QED) is 0.851. The van der Waals surface area contributed by atoms with Crippen LogP contribution in [0.1, 0.15) is 10.5 Å². The molecule has 134 valence electrons. The summed E-state index contributed by atoms with van der Waals surface area (Å²) in [6, 6.07) is 7.13. The number of carbonyl (C=O) groups is 1. The first-order valence-corrected chi connectivity index (χ1v) is 7.87. The molecule has 1 saturated heterocycles. The summed E-state index contributed by atoms with van der Waals surface area (Å²) in [7, 11) is 1.57. The number of ether oxygens (including phenoxy) is 1. The second kappa shape index (κ2) is 7.30. The number of amides is 1. The number of aromatic nitrogens is 1. The van der Waals surface area contributed by atoms with E-state index in [1.807, 2.05) is 0 Å². The summed E-state index contributed by atoms with van der Waals surface area (Å²) < 4.78 is 23.3. The topological polar surface area (TPSA) is 96.0 Å². The monoisotopic (exact) mass is 350 g/mol. The van der Waals surface area contributed by atoms with Crippen LogP contribution in [0.5, 0.6) is 0 Å². The number of hydrogen-bond donors (Lipinski definition) is 2. The summed E-state index contributed by atoms with van der Waals surface area (Å²) in [5, 5.41) is 23.4. The lowest BCUT2D eigenvalue weighted by Crippen LogP contribution is -2.48. The van der Waals surface area contributed by atoms with Crippen molar-refractivity contribution in [3.05, 3.63) is 41.8 Å². The van der Waals surface area contributed by atoms with Crippen LogP contribution in [0.15, 0.2) is 34.9 Å². The smallest absolute Gasteiger partial charge is 0.275 e. The van der Waals surface area contributed by atoms with Crippen LogP contribution < -0.4 is 0 Å². The van der Waals surface area contributed by atoms with E-state index in [9.17, 15) is 19.4 Å². The second-order valence-corrected chi connectivity index (χ2v) is 6.12. The molecule has 1 fully saturated rings. The van der Waals surface area contributed by atoms with Crippen LogP contribution in [0.4, 0.5) is 4.39 Å². The molecule has 0 spiro atoms. The van der Waals surface area contributed by atoms with Crippen molar-refractivity contribution >= 4 is 5.91 Å². The molecule has 1 aliphatic heterocycles. The van der Waals surface area contributed by atoms with E-state index in [0.717, 1.165) is 0 Å². The fourth-order valence-corrected chi connectivity index (χ4v) is 2.77. The molecule has 1 amide bonds. The first-order chi connectivity index (χ1) is 12.0. The molecule has 3 rings (SSSR count). The van der Waals surface area contributed by atoms with Crippen molar-refractivity contribution in [1.82, 2.24) is 10.1 Å². The van der Waals surface area contributed by atoms with Crippen LogP contribution in [0.25, 0.3) is 11.3 Å². The summed E-state index contributed by atoms with van der Waals surface area (Å²) >= 11 is 0. The number of halogens is 1. The van der Waals surface area contributed by atoms with Gasteiger partial charge in [-0.15, -0.1) is 0 Å². The molecule has 7 nitrogen and oxygen atoms in total. The third-order valence-electron chi connectivity index (χ3n) is 4.21. The molecule has 0 aliphatic carbocycles. The van der Waals surface area contributed by atoms with E-state index in [4.69, 9.17) is 9.26 Å². The Labute approximate surface area is 143 Å². The minimum atomic E-state index is -0.959. The molecule has 2 heterocycles. The molecule has 1 aromatic heterocycles. The summed E-state index contributed by atoms with van der Waals surface area (Å²) in [5.41, 5.74) is 0.711. The third-order valence-corrected chi connectivity index (χ3v) is 4.21. The Kier molecular flexibility index (Phi) is 5.12. The fourth-order valence-electron chi connectivity index (χ4n) is 2.77. The zero-order valence-corrected chi connectivity index (χ0v) is 13.6. The lowest BCUT2D eigenvalue weighted by atomic mass is 9.96. The average Bonchev–Trinajstić information content (AvgIpc) is 3.09. The fraction of sp³-hybridized carbons (Fsp3) is 0.412. The highest BCUT2D eigenvalue weighted by Gasteiger charge is 2.33. The molecule has 0 saturated carbocycles. The Morgan fingerprint density at radius 3 is 2.76 bits per heavy atom. The largest absolute Gasteiger partial charge is 0.390 e. The average molecular weight is 350 g/mol. The standard InChI is InChI=1S/C17H19FN2O5/c1-20(7-11-8-24-9-14(21)16(11)22)17(23)13-6-15(25-19-13)10-2-4-12(18)5-3-10/h2-6,11,14,16,21-22H,7-9H2,1H3/t11-,14-,16+/m1/s1. The molecule has 2 aromatic rings. The maximum atomic E-state index is 13.0. The van der Waals surface area contributed by atoms with Crippen molar-refractivity contribution in [2.75, 3.05) is 26.8 Å². The summed E-state index contributed by atoms with van der Waals surface area (Å²) in [5.74, 6) is -0.784. The van der Waals surface area contributed by atoms with Crippen molar-refractivity contribution < 1.29 is 28.7 Å². The molecule has 0 unspecified atom stereocenters. The van der Waals surface area contributed by atoms with Crippen LogP contribution in [-0.2, 0) is 4.74 Å². The van der Waals surface area contributed by atoms with Gasteiger partial charge in [0.25, 0.3) is 5.91 Å². The molecule has 1 aliphatic rings. The molecule has 3 atom stereocenters. The van der Waals surface area contributed by atoms with Crippen molar-refractivity contribution in [2.24, 2.45) is 5.92 Å². The number of nitrogens with zero attached hydrogens (tertiary/aromatic N) is 2. The number of carbonyl (C=O) groups excluding carboxylic acids is 1. The van der Waals surface area contributed by atoms with Gasteiger partial charge in [0.15, 0.2) is 11.5 Å². The number of aliphatic hydroxyl groups is 2. The van der Waals surface area contributed by atoms with Crippen molar-refractivity contribution in [2.45, 2.75) is 12.2 Å². The highest BCUT2D eigenvalue weighted by Crippen LogP contribution is 2.22. The van der Waals surface area contributed by atoms with Gasteiger partial charge in [-0.05, 0) is 24.3 Å². The Morgan fingerprint density at radius 1 is 1.32 bits per heavy atom. The zero-order chi connectivity index (χ0) is 18.0. The molecule has 8 heteroatoms. The molecule has 25 heavy (non-hydrogen) atoms. The van der Waals surface area contributed by atoms with E-state index in [1.165, 1.54) is 35.2 Å².